The van der Waals surface area contributed by atoms with Crippen molar-refractivity contribution in [2.24, 2.45) is 0 Å². The summed E-state index contributed by atoms with van der Waals surface area (Å²) in [5.74, 6) is -0.0671. The molecule has 2 nitrogen and oxygen atoms in total. The Kier molecular flexibility index (Phi) is 2.34. The molecule has 0 amide bonds. The van der Waals surface area contributed by atoms with Crippen molar-refractivity contribution in [1.82, 2.24) is 0 Å². The molecule has 1 heterocycles. The lowest BCUT2D eigenvalue weighted by Crippen LogP contribution is -2.35. The Morgan fingerprint density at radius 3 is 2.80 bits per heavy atom. The first-order valence-electron chi connectivity index (χ1n) is 4.60. The zero-order chi connectivity index (χ0) is 11.2. The lowest BCUT2D eigenvalue weighted by molar-refractivity contribution is 0.0618. The normalized spacial score (nSPS) is 18.3. The van der Waals surface area contributed by atoms with Crippen molar-refractivity contribution in [1.29, 1.82) is 0 Å². The van der Waals surface area contributed by atoms with Gasteiger partial charge in [0.1, 0.15) is 17.2 Å². The molecule has 0 N–H and O–H groups in total. The third-order valence-corrected chi connectivity index (χ3v) is 2.90. The predicted octanol–water partition coefficient (Wildman–Crippen LogP) is 3.33. The molecule has 0 aliphatic carbocycles. The molecule has 0 aromatic heterocycles. The minimum Gasteiger partial charge on any atom is -0.487 e. The molecule has 1 aromatic rings. The van der Waals surface area contributed by atoms with E-state index in [-0.39, 0.29) is 12.2 Å². The third kappa shape index (κ3) is 1.91. The van der Waals surface area contributed by atoms with Crippen molar-refractivity contribution < 1.29 is 13.9 Å². The monoisotopic (exact) mass is 272 g/mol. The van der Waals surface area contributed by atoms with Crippen LogP contribution in [0.1, 0.15) is 30.6 Å². The standard InChI is InChI=1S/C11H10BrFO2/c1-11(2)5-9(14)6-3-8(13)7(12)4-10(6)15-11/h3-4H,5H2,1-2H3. The Hall–Kier alpha value is -0.900. The number of ether oxygens (including phenoxy) is 1. The highest BCUT2D eigenvalue weighted by molar-refractivity contribution is 9.10. The maximum atomic E-state index is 13.2. The van der Waals surface area contributed by atoms with Gasteiger partial charge in [0.2, 0.25) is 0 Å². The van der Waals surface area contributed by atoms with E-state index in [4.69, 9.17) is 4.74 Å². The highest BCUT2D eigenvalue weighted by Gasteiger charge is 2.33. The van der Waals surface area contributed by atoms with Crippen LogP contribution in [0.5, 0.6) is 5.75 Å². The quantitative estimate of drug-likeness (QED) is 0.724. The molecule has 0 bridgehead atoms. The van der Waals surface area contributed by atoms with Crippen LogP contribution in [-0.2, 0) is 0 Å². The Bertz CT molecular complexity index is 440. The Morgan fingerprint density at radius 1 is 1.47 bits per heavy atom. The minimum atomic E-state index is -0.513. The van der Waals surface area contributed by atoms with E-state index in [0.717, 1.165) is 0 Å². The van der Waals surface area contributed by atoms with E-state index < -0.39 is 11.4 Å². The van der Waals surface area contributed by atoms with Crippen molar-refractivity contribution in [2.75, 3.05) is 0 Å². The molecule has 1 aliphatic heterocycles. The number of Topliss-reactive ketones (excluding diaryl/α,β-unsaturated/α-hetero) is 1. The topological polar surface area (TPSA) is 26.3 Å². The first-order chi connectivity index (χ1) is 6.89. The van der Waals surface area contributed by atoms with E-state index >= 15 is 0 Å². The molecule has 1 aliphatic rings. The van der Waals surface area contributed by atoms with Crippen molar-refractivity contribution in [2.45, 2.75) is 25.9 Å². The molecule has 0 atom stereocenters. The summed E-state index contributed by atoms with van der Waals surface area (Å²) in [6, 6.07) is 2.72. The first kappa shape index (κ1) is 10.6. The maximum Gasteiger partial charge on any atom is 0.170 e. The lowest BCUT2D eigenvalue weighted by atomic mass is 9.93. The predicted molar refractivity (Wildman–Crippen MR) is 57.8 cm³/mol. The fraction of sp³-hybridized carbons (Fsp3) is 0.364. The molecule has 0 radical (unpaired) electrons. The number of hydrogen-bond acceptors (Lipinski definition) is 2. The van der Waals surface area contributed by atoms with Gasteiger partial charge in [0.25, 0.3) is 0 Å². The molecular formula is C11H10BrFO2. The van der Waals surface area contributed by atoms with Crippen LogP contribution in [0.2, 0.25) is 0 Å². The van der Waals surface area contributed by atoms with Gasteiger partial charge in [-0.2, -0.15) is 0 Å². The Balaban J connectivity index is 2.56. The van der Waals surface area contributed by atoms with Gasteiger partial charge in [-0.05, 0) is 41.9 Å². The molecule has 1 aromatic carbocycles. The summed E-state index contributed by atoms with van der Waals surface area (Å²) in [5, 5.41) is 0. The number of benzene rings is 1. The summed E-state index contributed by atoms with van der Waals surface area (Å²) in [6.45, 7) is 3.68. The number of carbonyl (C=O) groups is 1. The summed E-state index contributed by atoms with van der Waals surface area (Å²) in [4.78, 5) is 11.7. The Morgan fingerprint density at radius 2 is 2.13 bits per heavy atom. The van der Waals surface area contributed by atoms with E-state index in [9.17, 15) is 9.18 Å². The second-order valence-electron chi connectivity index (χ2n) is 4.22. The van der Waals surface area contributed by atoms with E-state index in [0.29, 0.717) is 15.8 Å². The van der Waals surface area contributed by atoms with Crippen LogP contribution in [0.3, 0.4) is 0 Å². The largest absolute Gasteiger partial charge is 0.487 e. The second-order valence-corrected chi connectivity index (χ2v) is 5.08. The molecule has 0 unspecified atom stereocenters. The number of halogens is 2. The second kappa shape index (κ2) is 3.30. The van der Waals surface area contributed by atoms with Crippen molar-refractivity contribution in [3.63, 3.8) is 0 Å². The smallest absolute Gasteiger partial charge is 0.170 e. The van der Waals surface area contributed by atoms with E-state index in [2.05, 4.69) is 15.9 Å². The SMILES string of the molecule is CC1(C)CC(=O)c2cc(F)c(Br)cc2O1. The summed E-state index contributed by atoms with van der Waals surface area (Å²) in [5.41, 5.74) is -0.184. The van der Waals surface area contributed by atoms with Crippen LogP contribution in [0.25, 0.3) is 0 Å². The van der Waals surface area contributed by atoms with E-state index in [1.165, 1.54) is 12.1 Å². The van der Waals surface area contributed by atoms with Crippen LogP contribution in [-0.4, -0.2) is 11.4 Å². The molecule has 0 saturated heterocycles. The summed E-state index contributed by atoms with van der Waals surface area (Å²) >= 11 is 3.07. The molecule has 4 heteroatoms. The van der Waals surface area contributed by atoms with Gasteiger partial charge < -0.3 is 4.74 Å². The third-order valence-electron chi connectivity index (χ3n) is 2.30. The van der Waals surface area contributed by atoms with Crippen LogP contribution in [0, 0.1) is 5.82 Å². The molecule has 15 heavy (non-hydrogen) atoms. The lowest BCUT2D eigenvalue weighted by Gasteiger charge is -2.31. The molecule has 80 valence electrons. The molecular weight excluding hydrogens is 263 g/mol. The highest BCUT2D eigenvalue weighted by atomic mass is 79.9. The van der Waals surface area contributed by atoms with Crippen molar-refractivity contribution in [3.05, 3.63) is 28.0 Å². The minimum absolute atomic E-state index is 0.0762. The fourth-order valence-electron chi connectivity index (χ4n) is 1.65. The number of fused-ring (bicyclic) bond motifs is 1. The summed E-state index contributed by atoms with van der Waals surface area (Å²) < 4.78 is 19.1. The zero-order valence-corrected chi connectivity index (χ0v) is 10.0. The number of rotatable bonds is 0. The molecule has 0 spiro atoms. The number of hydrogen-bond donors (Lipinski definition) is 0. The summed E-state index contributed by atoms with van der Waals surface area (Å²) in [7, 11) is 0. The molecule has 0 saturated carbocycles. The van der Waals surface area contributed by atoms with Gasteiger partial charge in [-0.15, -0.1) is 0 Å². The van der Waals surface area contributed by atoms with E-state index in [1.54, 1.807) is 0 Å². The molecule has 0 fully saturated rings. The van der Waals surface area contributed by atoms with Crippen LogP contribution >= 0.6 is 15.9 Å². The van der Waals surface area contributed by atoms with Gasteiger partial charge >= 0.3 is 0 Å². The number of ketones is 1. The van der Waals surface area contributed by atoms with Gasteiger partial charge in [0.05, 0.1) is 16.5 Å². The van der Waals surface area contributed by atoms with Gasteiger partial charge in [0.15, 0.2) is 5.78 Å². The maximum absolute atomic E-state index is 13.2. The van der Waals surface area contributed by atoms with Gasteiger partial charge in [0, 0.05) is 0 Å². The van der Waals surface area contributed by atoms with Crippen molar-refractivity contribution >= 4 is 21.7 Å². The fourth-order valence-corrected chi connectivity index (χ4v) is 1.97. The summed E-state index contributed by atoms with van der Waals surface area (Å²) in [6.07, 6.45) is 0.279. The van der Waals surface area contributed by atoms with Crippen molar-refractivity contribution in [3.8, 4) is 5.75 Å². The van der Waals surface area contributed by atoms with Crippen LogP contribution < -0.4 is 4.74 Å². The van der Waals surface area contributed by atoms with E-state index in [1.807, 2.05) is 13.8 Å². The van der Waals surface area contributed by atoms with Gasteiger partial charge in [-0.3, -0.25) is 4.79 Å². The zero-order valence-electron chi connectivity index (χ0n) is 8.43. The number of carbonyl (C=O) groups excluding carboxylic acids is 1. The van der Waals surface area contributed by atoms with Crippen LogP contribution in [0.15, 0.2) is 16.6 Å². The van der Waals surface area contributed by atoms with Crippen LogP contribution in [0.4, 0.5) is 4.39 Å². The first-order valence-corrected chi connectivity index (χ1v) is 5.40. The molecule has 2 rings (SSSR count). The average Bonchev–Trinajstić information content (AvgIpc) is 2.07. The van der Waals surface area contributed by atoms with Gasteiger partial charge in [-0.1, -0.05) is 0 Å². The highest BCUT2D eigenvalue weighted by Crippen LogP contribution is 2.35. The van der Waals surface area contributed by atoms with Gasteiger partial charge in [-0.25, -0.2) is 4.39 Å². The Labute approximate surface area is 95.6 Å². The average molecular weight is 273 g/mol.